The van der Waals surface area contributed by atoms with E-state index >= 15 is 0 Å². The van der Waals surface area contributed by atoms with Gasteiger partial charge in [-0.05, 0) is 24.1 Å². The van der Waals surface area contributed by atoms with Crippen molar-refractivity contribution >= 4 is 21.8 Å². The van der Waals surface area contributed by atoms with Crippen LogP contribution in [0, 0.1) is 5.82 Å². The third kappa shape index (κ3) is 2.47. The molecule has 4 nitrogen and oxygen atoms in total. The number of fused-ring (bicyclic) bond motifs is 1. The van der Waals surface area contributed by atoms with Crippen LogP contribution in [0.25, 0.3) is 0 Å². The molecule has 0 spiro atoms. The van der Waals surface area contributed by atoms with Gasteiger partial charge in [0.15, 0.2) is 0 Å². The maximum absolute atomic E-state index is 13.9. The number of carbonyl (C=O) groups is 1. The van der Waals surface area contributed by atoms with Crippen LogP contribution in [-0.2, 0) is 24.3 Å². The predicted molar refractivity (Wildman–Crippen MR) is 75.4 cm³/mol. The average Bonchev–Trinajstić information content (AvgIpc) is 2.95. The van der Waals surface area contributed by atoms with E-state index in [4.69, 9.17) is 0 Å². The van der Waals surface area contributed by atoms with Gasteiger partial charge in [0.1, 0.15) is 12.4 Å². The van der Waals surface area contributed by atoms with Crippen LogP contribution in [0.3, 0.4) is 0 Å². The summed E-state index contributed by atoms with van der Waals surface area (Å²) in [5, 5.41) is 0. The summed E-state index contributed by atoms with van der Waals surface area (Å²) in [6.07, 6.45) is 5.65. The van der Waals surface area contributed by atoms with Gasteiger partial charge in [0.2, 0.25) is 5.91 Å². The highest BCUT2D eigenvalue weighted by Crippen LogP contribution is 2.28. The van der Waals surface area contributed by atoms with Crippen LogP contribution in [0.1, 0.15) is 11.1 Å². The normalized spacial score (nSPS) is 14.2. The fraction of sp³-hybridized carbons (Fsp3) is 0.286. The van der Waals surface area contributed by atoms with Crippen LogP contribution >= 0.6 is 15.9 Å². The zero-order chi connectivity index (χ0) is 14.1. The number of benzene rings is 1. The van der Waals surface area contributed by atoms with Gasteiger partial charge in [0.25, 0.3) is 0 Å². The van der Waals surface area contributed by atoms with E-state index < -0.39 is 0 Å². The molecular formula is C14H13BrFN3O. The van der Waals surface area contributed by atoms with Gasteiger partial charge in [-0.2, -0.15) is 0 Å². The van der Waals surface area contributed by atoms with Gasteiger partial charge in [-0.15, -0.1) is 0 Å². The molecule has 3 rings (SSSR count). The fourth-order valence-electron chi connectivity index (χ4n) is 2.44. The number of imidazole rings is 1. The van der Waals surface area contributed by atoms with Crippen molar-refractivity contribution in [3.8, 4) is 0 Å². The number of rotatable bonds is 2. The minimum Gasteiger partial charge on any atom is -0.336 e. The lowest BCUT2D eigenvalue weighted by Gasteiger charge is -2.30. The lowest BCUT2D eigenvalue weighted by molar-refractivity contribution is -0.132. The Morgan fingerprint density at radius 1 is 1.40 bits per heavy atom. The van der Waals surface area contributed by atoms with Crippen molar-refractivity contribution in [3.05, 3.63) is 52.3 Å². The molecule has 2 aromatic rings. The van der Waals surface area contributed by atoms with E-state index in [1.54, 1.807) is 34.3 Å². The number of carbonyl (C=O) groups excluding carboxylic acids is 1. The average molecular weight is 338 g/mol. The van der Waals surface area contributed by atoms with Gasteiger partial charge < -0.3 is 9.47 Å². The lowest BCUT2D eigenvalue weighted by Crippen LogP contribution is -2.38. The molecule has 0 aliphatic carbocycles. The minimum absolute atomic E-state index is 0.0203. The molecule has 1 aromatic heterocycles. The third-order valence-electron chi connectivity index (χ3n) is 3.53. The number of halogens is 2. The molecule has 0 saturated carbocycles. The van der Waals surface area contributed by atoms with Gasteiger partial charge in [-0.1, -0.05) is 15.9 Å². The van der Waals surface area contributed by atoms with Crippen LogP contribution in [0.15, 0.2) is 35.3 Å². The first-order valence-corrected chi connectivity index (χ1v) is 7.13. The van der Waals surface area contributed by atoms with Crippen LogP contribution in [0.4, 0.5) is 4.39 Å². The largest absolute Gasteiger partial charge is 0.336 e. The van der Waals surface area contributed by atoms with Gasteiger partial charge in [0, 0.05) is 35.5 Å². The zero-order valence-electron chi connectivity index (χ0n) is 10.7. The maximum Gasteiger partial charge on any atom is 0.242 e. The van der Waals surface area contributed by atoms with Gasteiger partial charge >= 0.3 is 0 Å². The summed E-state index contributed by atoms with van der Waals surface area (Å²) < 4.78 is 16.5. The molecule has 0 saturated heterocycles. The highest BCUT2D eigenvalue weighted by atomic mass is 79.9. The first-order chi connectivity index (χ1) is 9.65. The maximum atomic E-state index is 13.9. The Labute approximate surface area is 124 Å². The Hall–Kier alpha value is -1.69. The van der Waals surface area contributed by atoms with E-state index in [0.29, 0.717) is 25.1 Å². The second-order valence-electron chi connectivity index (χ2n) is 4.79. The number of aromatic nitrogens is 2. The van der Waals surface area contributed by atoms with Crippen LogP contribution in [0.5, 0.6) is 0 Å². The standard InChI is InChI=1S/C14H13BrFN3O/c15-12-1-2-13(16)11-7-19(5-3-10(11)12)14(20)8-18-6-4-17-9-18/h1-2,4,6,9H,3,5,7-8H2. The first-order valence-electron chi connectivity index (χ1n) is 6.34. The summed E-state index contributed by atoms with van der Waals surface area (Å²) in [5.74, 6) is -0.267. The van der Waals surface area contributed by atoms with Gasteiger partial charge in [0.05, 0.1) is 6.33 Å². The van der Waals surface area contributed by atoms with Crippen molar-refractivity contribution in [1.29, 1.82) is 0 Å². The lowest BCUT2D eigenvalue weighted by atomic mass is 9.99. The molecule has 6 heteroatoms. The summed E-state index contributed by atoms with van der Waals surface area (Å²) in [5.41, 5.74) is 1.58. The monoisotopic (exact) mass is 337 g/mol. The molecular weight excluding hydrogens is 325 g/mol. The van der Waals surface area contributed by atoms with E-state index in [1.165, 1.54) is 6.07 Å². The van der Waals surface area contributed by atoms with E-state index in [1.807, 2.05) is 0 Å². The van der Waals surface area contributed by atoms with Crippen molar-refractivity contribution < 1.29 is 9.18 Å². The third-order valence-corrected chi connectivity index (χ3v) is 4.27. The number of hydrogen-bond acceptors (Lipinski definition) is 2. The van der Waals surface area contributed by atoms with E-state index in [9.17, 15) is 9.18 Å². The topological polar surface area (TPSA) is 38.1 Å². The predicted octanol–water partition coefficient (Wildman–Crippen LogP) is 2.37. The SMILES string of the molecule is O=C(Cn1ccnc1)N1CCc2c(Br)ccc(F)c2C1. The zero-order valence-corrected chi connectivity index (χ0v) is 12.3. The summed E-state index contributed by atoms with van der Waals surface area (Å²) in [6.45, 7) is 1.18. The van der Waals surface area contributed by atoms with Crippen LogP contribution in [-0.4, -0.2) is 26.9 Å². The number of hydrogen-bond donors (Lipinski definition) is 0. The molecule has 1 aliphatic heterocycles. The number of nitrogens with zero attached hydrogens (tertiary/aromatic N) is 3. The first kappa shape index (κ1) is 13.3. The van der Waals surface area contributed by atoms with Crippen molar-refractivity contribution in [2.75, 3.05) is 6.54 Å². The quantitative estimate of drug-likeness (QED) is 0.843. The summed E-state index contributed by atoms with van der Waals surface area (Å²) in [6, 6.07) is 3.16. The van der Waals surface area contributed by atoms with Crippen molar-refractivity contribution in [3.63, 3.8) is 0 Å². The molecule has 1 aromatic carbocycles. The highest BCUT2D eigenvalue weighted by molar-refractivity contribution is 9.10. The van der Waals surface area contributed by atoms with Crippen molar-refractivity contribution in [2.24, 2.45) is 0 Å². The Kier molecular flexibility index (Phi) is 3.56. The Bertz CT molecular complexity index is 642. The van der Waals surface area contributed by atoms with Gasteiger partial charge in [-0.25, -0.2) is 9.37 Å². The molecule has 0 fully saturated rings. The second kappa shape index (κ2) is 5.36. The van der Waals surface area contributed by atoms with E-state index in [2.05, 4.69) is 20.9 Å². The molecule has 104 valence electrons. The van der Waals surface area contributed by atoms with Gasteiger partial charge in [-0.3, -0.25) is 4.79 Å². The molecule has 1 amide bonds. The molecule has 0 N–H and O–H groups in total. The second-order valence-corrected chi connectivity index (χ2v) is 5.64. The Balaban J connectivity index is 1.78. The van der Waals surface area contributed by atoms with E-state index in [-0.39, 0.29) is 18.3 Å². The molecule has 0 atom stereocenters. The van der Waals surface area contributed by atoms with Crippen molar-refractivity contribution in [2.45, 2.75) is 19.5 Å². The van der Waals surface area contributed by atoms with E-state index in [0.717, 1.165) is 10.0 Å². The molecule has 1 aliphatic rings. The smallest absolute Gasteiger partial charge is 0.242 e. The fourth-order valence-corrected chi connectivity index (χ4v) is 3.01. The molecule has 0 unspecified atom stereocenters. The molecule has 2 heterocycles. The molecule has 20 heavy (non-hydrogen) atoms. The molecule has 0 radical (unpaired) electrons. The highest BCUT2D eigenvalue weighted by Gasteiger charge is 2.24. The van der Waals surface area contributed by atoms with Crippen LogP contribution < -0.4 is 0 Å². The Morgan fingerprint density at radius 2 is 2.25 bits per heavy atom. The summed E-state index contributed by atoms with van der Waals surface area (Å²) >= 11 is 3.44. The Morgan fingerprint density at radius 3 is 3.00 bits per heavy atom. The summed E-state index contributed by atoms with van der Waals surface area (Å²) in [7, 11) is 0. The summed E-state index contributed by atoms with van der Waals surface area (Å²) in [4.78, 5) is 17.8. The van der Waals surface area contributed by atoms with Crippen LogP contribution in [0.2, 0.25) is 0 Å². The number of amides is 1. The molecule has 0 bridgehead atoms. The van der Waals surface area contributed by atoms with Crippen molar-refractivity contribution in [1.82, 2.24) is 14.5 Å². The minimum atomic E-state index is -0.247.